The smallest absolute Gasteiger partial charge is 0.417 e. The Morgan fingerprint density at radius 3 is 2.71 bits per heavy atom. The quantitative estimate of drug-likeness (QED) is 0.423. The number of benzene rings is 1. The lowest BCUT2D eigenvalue weighted by Crippen LogP contribution is -2.52. The van der Waals surface area contributed by atoms with Crippen LogP contribution in [0.5, 0.6) is 5.75 Å². The van der Waals surface area contributed by atoms with Crippen molar-refractivity contribution < 1.29 is 36.5 Å². The molecular formula is C25H28F5N5O3. The van der Waals surface area contributed by atoms with Gasteiger partial charge in [0.2, 0.25) is 5.82 Å². The first-order chi connectivity index (χ1) is 18.0. The number of hydrogen-bond acceptors (Lipinski definition) is 7. The number of H-pyrrole nitrogens is 1. The van der Waals surface area contributed by atoms with Gasteiger partial charge in [-0.2, -0.15) is 17.6 Å². The second kappa shape index (κ2) is 9.62. The number of nitrogens with one attached hydrogen (secondary N) is 2. The van der Waals surface area contributed by atoms with Gasteiger partial charge in [-0.05, 0) is 19.1 Å². The minimum absolute atomic E-state index is 0.0450. The summed E-state index contributed by atoms with van der Waals surface area (Å²) in [6.45, 7) is 3.89. The van der Waals surface area contributed by atoms with Crippen molar-refractivity contribution in [3.8, 4) is 5.75 Å². The van der Waals surface area contributed by atoms with Crippen LogP contribution in [0, 0.1) is 17.6 Å². The van der Waals surface area contributed by atoms with Gasteiger partial charge >= 0.3 is 6.18 Å². The number of ether oxygens (including phenoxy) is 2. The predicted molar refractivity (Wildman–Crippen MR) is 128 cm³/mol. The highest BCUT2D eigenvalue weighted by molar-refractivity contribution is 5.86. The molecule has 0 bridgehead atoms. The van der Waals surface area contributed by atoms with Gasteiger partial charge in [0, 0.05) is 49.3 Å². The third-order valence-corrected chi connectivity index (χ3v) is 7.76. The summed E-state index contributed by atoms with van der Waals surface area (Å²) in [5.74, 6) is -4.63. The average Bonchev–Trinajstić information content (AvgIpc) is 3.45. The Labute approximate surface area is 215 Å². The van der Waals surface area contributed by atoms with Gasteiger partial charge in [0.1, 0.15) is 17.4 Å². The van der Waals surface area contributed by atoms with Crippen LogP contribution in [0.2, 0.25) is 0 Å². The van der Waals surface area contributed by atoms with Crippen molar-refractivity contribution in [2.24, 2.45) is 5.92 Å². The monoisotopic (exact) mass is 541 g/mol. The van der Waals surface area contributed by atoms with E-state index in [4.69, 9.17) is 9.47 Å². The molecule has 2 saturated heterocycles. The van der Waals surface area contributed by atoms with Gasteiger partial charge in [-0.1, -0.05) is 13.0 Å². The molecule has 38 heavy (non-hydrogen) atoms. The maximum absolute atomic E-state index is 14.7. The Morgan fingerprint density at radius 1 is 1.26 bits per heavy atom. The van der Waals surface area contributed by atoms with Crippen molar-refractivity contribution in [2.45, 2.75) is 43.7 Å². The molecule has 0 radical (unpaired) electrons. The van der Waals surface area contributed by atoms with E-state index in [9.17, 15) is 27.1 Å². The molecule has 2 fully saturated rings. The first-order valence-electron chi connectivity index (χ1n) is 12.2. The lowest BCUT2D eigenvalue weighted by molar-refractivity contribution is -0.275. The number of aliphatic hydroxyl groups is 1. The largest absolute Gasteiger partial charge is 0.493 e. The number of methoxy groups -OCH3 is 1. The van der Waals surface area contributed by atoms with Gasteiger partial charge in [-0.15, -0.1) is 0 Å². The first-order valence-corrected chi connectivity index (χ1v) is 12.2. The van der Waals surface area contributed by atoms with Crippen LogP contribution in [0.4, 0.5) is 27.8 Å². The van der Waals surface area contributed by atoms with Crippen LogP contribution < -0.4 is 15.0 Å². The molecule has 1 aromatic carbocycles. The Hall–Kier alpha value is -3.03. The van der Waals surface area contributed by atoms with Gasteiger partial charge in [-0.25, -0.2) is 14.4 Å². The van der Waals surface area contributed by atoms with Crippen LogP contribution in [-0.2, 0) is 4.74 Å². The summed E-state index contributed by atoms with van der Waals surface area (Å²) in [6, 6.07) is 3.57. The molecular weight excluding hydrogens is 513 g/mol. The summed E-state index contributed by atoms with van der Waals surface area (Å²) in [5.41, 5.74) is -1.61. The van der Waals surface area contributed by atoms with Crippen molar-refractivity contribution in [2.75, 3.05) is 38.3 Å². The van der Waals surface area contributed by atoms with E-state index >= 15 is 0 Å². The number of fused-ring (bicyclic) bond motifs is 1. The molecule has 2 aliphatic rings. The number of aromatic nitrogens is 3. The van der Waals surface area contributed by atoms with E-state index in [0.717, 1.165) is 20.1 Å². The molecule has 5 rings (SSSR count). The fourth-order valence-electron chi connectivity index (χ4n) is 5.50. The Bertz CT molecular complexity index is 1330. The second-order valence-electron chi connectivity index (χ2n) is 9.87. The van der Waals surface area contributed by atoms with Crippen molar-refractivity contribution in [1.82, 2.24) is 20.3 Å². The molecule has 13 heteroatoms. The number of pyridine rings is 1. The maximum Gasteiger partial charge on any atom is 0.417 e. The molecule has 0 saturated carbocycles. The zero-order chi connectivity index (χ0) is 27.4. The first kappa shape index (κ1) is 26.6. The topological polar surface area (TPSA) is 95.5 Å². The standard InChI is InChI=1S/C25H28F5N5O3/c1-12-17(14-4-5-15(26)18(27)20(14)37-3)21(38-24(12,2)25(28,29)30)22-33-16-6-7-32-23(19(16)34-22)35-9-8-31-13(10-35)11-36/h4-7,12-13,17,21,31,36H,8-11H2,1-3H3,(H,33,34)/t12-,13+,17-,21+,24+/m0/s1. The number of nitrogens with zero attached hydrogens (tertiary/aromatic N) is 3. The number of anilines is 1. The molecule has 2 aliphatic heterocycles. The normalized spacial score (nSPS) is 28.3. The Kier molecular flexibility index (Phi) is 6.72. The summed E-state index contributed by atoms with van der Waals surface area (Å²) < 4.78 is 82.4. The molecule has 3 N–H and O–H groups in total. The molecule has 0 amide bonds. The number of piperazine rings is 1. The third-order valence-electron chi connectivity index (χ3n) is 7.76. The van der Waals surface area contributed by atoms with Gasteiger partial charge in [0.25, 0.3) is 0 Å². The SMILES string of the molecule is COc1c([C@H]2[C@H](c3nc4c(N5CCN[C@@H](CO)C5)nccc4[nH]3)O[C@@](C)(C(F)(F)F)[C@H]2C)ccc(F)c1F. The lowest BCUT2D eigenvalue weighted by Gasteiger charge is -2.33. The highest BCUT2D eigenvalue weighted by atomic mass is 19.4. The number of rotatable bonds is 5. The van der Waals surface area contributed by atoms with Crippen LogP contribution in [0.25, 0.3) is 11.0 Å². The molecule has 0 spiro atoms. The van der Waals surface area contributed by atoms with Crippen molar-refractivity contribution in [3.63, 3.8) is 0 Å². The number of aromatic amines is 1. The Balaban J connectivity index is 1.63. The van der Waals surface area contributed by atoms with Crippen molar-refractivity contribution in [1.29, 1.82) is 0 Å². The molecule has 0 aliphatic carbocycles. The summed E-state index contributed by atoms with van der Waals surface area (Å²) >= 11 is 0. The molecule has 206 valence electrons. The lowest BCUT2D eigenvalue weighted by atomic mass is 9.77. The van der Waals surface area contributed by atoms with Crippen LogP contribution in [0.3, 0.4) is 0 Å². The molecule has 0 unspecified atom stereocenters. The minimum Gasteiger partial charge on any atom is -0.493 e. The summed E-state index contributed by atoms with van der Waals surface area (Å²) in [4.78, 5) is 14.1. The Morgan fingerprint density at radius 2 is 2.03 bits per heavy atom. The number of halogens is 5. The molecule has 3 aromatic rings. The number of imidazole rings is 1. The molecule has 4 heterocycles. The number of hydrogen-bond donors (Lipinski definition) is 3. The number of aliphatic hydroxyl groups excluding tert-OH is 1. The number of alkyl halides is 3. The van der Waals surface area contributed by atoms with E-state index in [1.165, 1.54) is 13.0 Å². The average molecular weight is 542 g/mol. The van der Waals surface area contributed by atoms with E-state index in [0.29, 0.717) is 36.5 Å². The van der Waals surface area contributed by atoms with Crippen LogP contribution in [-0.4, -0.2) is 71.2 Å². The van der Waals surface area contributed by atoms with E-state index < -0.39 is 47.1 Å². The van der Waals surface area contributed by atoms with Crippen molar-refractivity contribution >= 4 is 16.9 Å². The van der Waals surface area contributed by atoms with Gasteiger partial charge in [-0.3, -0.25) is 0 Å². The van der Waals surface area contributed by atoms with Gasteiger partial charge < -0.3 is 29.8 Å². The van der Waals surface area contributed by atoms with E-state index in [1.54, 1.807) is 12.3 Å². The van der Waals surface area contributed by atoms with Gasteiger partial charge in [0.15, 0.2) is 23.0 Å². The third kappa shape index (κ3) is 4.16. The highest BCUT2D eigenvalue weighted by Gasteiger charge is 2.65. The van der Waals surface area contributed by atoms with E-state index in [1.807, 2.05) is 4.90 Å². The van der Waals surface area contributed by atoms with E-state index in [2.05, 4.69) is 20.3 Å². The van der Waals surface area contributed by atoms with Crippen LogP contribution in [0.15, 0.2) is 24.4 Å². The van der Waals surface area contributed by atoms with Crippen molar-refractivity contribution in [3.05, 3.63) is 47.4 Å². The fourth-order valence-corrected chi connectivity index (χ4v) is 5.50. The van der Waals surface area contributed by atoms with Crippen LogP contribution >= 0.6 is 0 Å². The molecule has 5 atom stereocenters. The van der Waals surface area contributed by atoms with E-state index in [-0.39, 0.29) is 24.0 Å². The predicted octanol–water partition coefficient (Wildman–Crippen LogP) is 3.83. The molecule has 8 nitrogen and oxygen atoms in total. The highest BCUT2D eigenvalue weighted by Crippen LogP contribution is 2.59. The molecule has 2 aromatic heterocycles. The second-order valence-corrected chi connectivity index (χ2v) is 9.87. The zero-order valence-electron chi connectivity index (χ0n) is 20.9. The van der Waals surface area contributed by atoms with Gasteiger partial charge in [0.05, 0.1) is 19.2 Å². The summed E-state index contributed by atoms with van der Waals surface area (Å²) in [6.07, 6.45) is -4.49. The summed E-state index contributed by atoms with van der Waals surface area (Å²) in [5, 5.41) is 12.8. The maximum atomic E-state index is 14.7. The zero-order valence-corrected chi connectivity index (χ0v) is 20.9. The summed E-state index contributed by atoms with van der Waals surface area (Å²) in [7, 11) is 1.13. The fraction of sp³-hybridized carbons (Fsp3) is 0.520. The minimum atomic E-state index is -4.76. The van der Waals surface area contributed by atoms with Crippen LogP contribution in [0.1, 0.15) is 37.3 Å².